The second-order valence-electron chi connectivity index (χ2n) is 6.05. The fourth-order valence-electron chi connectivity index (χ4n) is 2.45. The average molecular weight is 301 g/mol. The molecule has 1 aromatic rings. The van der Waals surface area contributed by atoms with Gasteiger partial charge in [0.15, 0.2) is 0 Å². The number of nitrogens with zero attached hydrogens (tertiary/aromatic N) is 1. The first-order chi connectivity index (χ1) is 8.98. The first kappa shape index (κ1) is 14.8. The fraction of sp³-hybridized carbons (Fsp3) is 0.714. The van der Waals surface area contributed by atoms with Crippen molar-refractivity contribution >= 4 is 28.8 Å². The summed E-state index contributed by atoms with van der Waals surface area (Å²) in [5.74, 6) is 0.496. The van der Waals surface area contributed by atoms with Crippen LogP contribution in [0.3, 0.4) is 0 Å². The van der Waals surface area contributed by atoms with Gasteiger partial charge in [-0.3, -0.25) is 4.79 Å². The third kappa shape index (κ3) is 4.46. The molecule has 3 nitrogen and oxygen atoms in total. The number of carbonyl (C=O) groups is 1. The third-order valence-electron chi connectivity index (χ3n) is 3.75. The first-order valence-electron chi connectivity index (χ1n) is 6.77. The van der Waals surface area contributed by atoms with Crippen molar-refractivity contribution in [3.05, 3.63) is 16.1 Å². The SMILES string of the molecule is CC1(C)CCC(NC(=O)Cc2nc(CCl)cs2)CC1. The van der Waals surface area contributed by atoms with E-state index in [0.717, 1.165) is 23.5 Å². The smallest absolute Gasteiger partial charge is 0.227 e. The van der Waals surface area contributed by atoms with E-state index in [1.54, 1.807) is 0 Å². The molecule has 1 fully saturated rings. The van der Waals surface area contributed by atoms with E-state index in [-0.39, 0.29) is 5.91 Å². The normalized spacial score (nSPS) is 19.3. The Balaban J connectivity index is 1.78. The summed E-state index contributed by atoms with van der Waals surface area (Å²) < 4.78 is 0. The largest absolute Gasteiger partial charge is 0.353 e. The molecule has 0 spiro atoms. The van der Waals surface area contributed by atoms with Crippen LogP contribution in [0.2, 0.25) is 0 Å². The Kier molecular flexibility index (Phi) is 4.85. The van der Waals surface area contributed by atoms with E-state index >= 15 is 0 Å². The Morgan fingerprint density at radius 3 is 2.79 bits per heavy atom. The van der Waals surface area contributed by atoms with Crippen LogP contribution >= 0.6 is 22.9 Å². The van der Waals surface area contributed by atoms with Crippen molar-refractivity contribution in [1.29, 1.82) is 0 Å². The van der Waals surface area contributed by atoms with Gasteiger partial charge in [-0.2, -0.15) is 0 Å². The second-order valence-corrected chi connectivity index (χ2v) is 7.26. The van der Waals surface area contributed by atoms with Crippen molar-refractivity contribution < 1.29 is 4.79 Å². The van der Waals surface area contributed by atoms with Gasteiger partial charge in [-0.05, 0) is 31.1 Å². The second kappa shape index (κ2) is 6.23. The number of amides is 1. The maximum absolute atomic E-state index is 12.0. The van der Waals surface area contributed by atoms with Crippen molar-refractivity contribution in [3.63, 3.8) is 0 Å². The lowest BCUT2D eigenvalue weighted by Gasteiger charge is -2.34. The van der Waals surface area contributed by atoms with Crippen LogP contribution in [0.25, 0.3) is 0 Å². The molecule has 5 heteroatoms. The topological polar surface area (TPSA) is 42.0 Å². The predicted octanol–water partition coefficient (Wildman–Crippen LogP) is 3.51. The molecule has 1 saturated carbocycles. The van der Waals surface area contributed by atoms with E-state index in [0.29, 0.717) is 23.8 Å². The lowest BCUT2D eigenvalue weighted by atomic mass is 9.75. The summed E-state index contributed by atoms with van der Waals surface area (Å²) in [4.78, 5) is 16.3. The van der Waals surface area contributed by atoms with Crippen LogP contribution < -0.4 is 5.32 Å². The number of halogens is 1. The van der Waals surface area contributed by atoms with Crippen LogP contribution in [0.5, 0.6) is 0 Å². The molecule has 19 heavy (non-hydrogen) atoms. The monoisotopic (exact) mass is 300 g/mol. The molecular formula is C14H21ClN2OS. The summed E-state index contributed by atoms with van der Waals surface area (Å²) in [6.07, 6.45) is 4.92. The molecule has 0 saturated heterocycles. The number of carbonyl (C=O) groups excluding carboxylic acids is 1. The minimum Gasteiger partial charge on any atom is -0.353 e. The van der Waals surface area contributed by atoms with Crippen LogP contribution in [-0.4, -0.2) is 16.9 Å². The molecule has 1 amide bonds. The Bertz CT molecular complexity index is 434. The van der Waals surface area contributed by atoms with Crippen molar-refractivity contribution in [3.8, 4) is 0 Å². The molecule has 1 aromatic heterocycles. The number of aromatic nitrogens is 1. The minimum absolute atomic E-state index is 0.0835. The molecule has 0 unspecified atom stereocenters. The summed E-state index contributed by atoms with van der Waals surface area (Å²) in [7, 11) is 0. The van der Waals surface area contributed by atoms with Crippen LogP contribution in [0.15, 0.2) is 5.38 Å². The van der Waals surface area contributed by atoms with Crippen molar-refractivity contribution in [2.24, 2.45) is 5.41 Å². The Hall–Kier alpha value is -0.610. The Morgan fingerprint density at radius 1 is 1.53 bits per heavy atom. The molecule has 106 valence electrons. The lowest BCUT2D eigenvalue weighted by Crippen LogP contribution is -2.39. The van der Waals surface area contributed by atoms with Crippen LogP contribution in [0.1, 0.15) is 50.2 Å². The first-order valence-corrected chi connectivity index (χ1v) is 8.18. The number of rotatable bonds is 4. The van der Waals surface area contributed by atoms with E-state index in [1.165, 1.54) is 24.2 Å². The molecule has 0 bridgehead atoms. The summed E-state index contributed by atoms with van der Waals surface area (Å²) in [6.45, 7) is 4.60. The van der Waals surface area contributed by atoms with Gasteiger partial charge in [0.2, 0.25) is 5.91 Å². The van der Waals surface area contributed by atoms with E-state index < -0.39 is 0 Å². The van der Waals surface area contributed by atoms with Gasteiger partial charge in [-0.1, -0.05) is 13.8 Å². The van der Waals surface area contributed by atoms with Crippen LogP contribution in [0.4, 0.5) is 0 Å². The van der Waals surface area contributed by atoms with E-state index in [9.17, 15) is 4.79 Å². The minimum atomic E-state index is 0.0835. The Morgan fingerprint density at radius 2 is 2.21 bits per heavy atom. The standard InChI is InChI=1S/C14H21ClN2OS/c1-14(2)5-3-10(4-6-14)16-12(18)7-13-17-11(8-15)9-19-13/h9-10H,3-8H2,1-2H3,(H,16,18). The van der Waals surface area contributed by atoms with Crippen molar-refractivity contribution in [2.75, 3.05) is 0 Å². The maximum Gasteiger partial charge on any atom is 0.227 e. The molecule has 0 aromatic carbocycles. The highest BCUT2D eigenvalue weighted by atomic mass is 35.5. The van der Waals surface area contributed by atoms with Gasteiger partial charge in [0.1, 0.15) is 5.01 Å². The van der Waals surface area contributed by atoms with Gasteiger partial charge in [0, 0.05) is 11.4 Å². The predicted molar refractivity (Wildman–Crippen MR) is 79.6 cm³/mol. The van der Waals surface area contributed by atoms with Crippen LogP contribution in [-0.2, 0) is 17.1 Å². The fourth-order valence-corrected chi connectivity index (χ4v) is 3.47. The highest BCUT2D eigenvalue weighted by molar-refractivity contribution is 7.09. The summed E-state index contributed by atoms with van der Waals surface area (Å²) >= 11 is 7.21. The number of hydrogen-bond acceptors (Lipinski definition) is 3. The van der Waals surface area contributed by atoms with Gasteiger partial charge < -0.3 is 5.32 Å². The molecule has 0 aliphatic heterocycles. The molecule has 1 heterocycles. The maximum atomic E-state index is 12.0. The van der Waals surface area contributed by atoms with Gasteiger partial charge in [0.05, 0.1) is 18.0 Å². The molecule has 2 rings (SSSR count). The lowest BCUT2D eigenvalue weighted by molar-refractivity contribution is -0.121. The average Bonchev–Trinajstić information content (AvgIpc) is 2.79. The van der Waals surface area contributed by atoms with E-state index in [1.807, 2.05) is 5.38 Å². The number of alkyl halides is 1. The molecule has 1 N–H and O–H groups in total. The van der Waals surface area contributed by atoms with Gasteiger partial charge >= 0.3 is 0 Å². The molecular weight excluding hydrogens is 280 g/mol. The zero-order valence-corrected chi connectivity index (χ0v) is 13.1. The van der Waals surface area contributed by atoms with Crippen molar-refractivity contribution in [1.82, 2.24) is 10.3 Å². The van der Waals surface area contributed by atoms with Crippen LogP contribution in [0, 0.1) is 5.41 Å². The molecule has 1 aliphatic carbocycles. The molecule has 1 aliphatic rings. The number of thiazole rings is 1. The summed E-state index contributed by atoms with van der Waals surface area (Å²) in [5.41, 5.74) is 1.29. The van der Waals surface area contributed by atoms with Gasteiger partial charge in [0.25, 0.3) is 0 Å². The Labute approximate surface area is 123 Å². The zero-order chi connectivity index (χ0) is 13.9. The van der Waals surface area contributed by atoms with Crippen molar-refractivity contribution in [2.45, 2.75) is 57.9 Å². The number of nitrogens with one attached hydrogen (secondary N) is 1. The van der Waals surface area contributed by atoms with E-state index in [2.05, 4.69) is 24.1 Å². The summed E-state index contributed by atoms with van der Waals surface area (Å²) in [5, 5.41) is 5.89. The highest BCUT2D eigenvalue weighted by Gasteiger charge is 2.27. The molecule has 0 radical (unpaired) electrons. The van der Waals surface area contributed by atoms with Gasteiger partial charge in [-0.25, -0.2) is 4.98 Å². The van der Waals surface area contributed by atoms with E-state index in [4.69, 9.17) is 11.6 Å². The van der Waals surface area contributed by atoms with Gasteiger partial charge in [-0.15, -0.1) is 22.9 Å². The quantitative estimate of drug-likeness (QED) is 0.865. The molecule has 0 atom stereocenters. The third-order valence-corrected chi connectivity index (χ3v) is 4.92. The zero-order valence-electron chi connectivity index (χ0n) is 11.5. The number of hydrogen-bond donors (Lipinski definition) is 1. The highest BCUT2D eigenvalue weighted by Crippen LogP contribution is 2.34. The summed E-state index contributed by atoms with van der Waals surface area (Å²) in [6, 6.07) is 0.341.